The third-order valence-electron chi connectivity index (χ3n) is 4.43. The molecular weight excluding hydrogens is 268 g/mol. The molecule has 3 N–H and O–H groups in total. The van der Waals surface area contributed by atoms with Gasteiger partial charge in [-0.1, -0.05) is 19.8 Å². The van der Waals surface area contributed by atoms with Gasteiger partial charge in [0.2, 0.25) is 11.9 Å². The van der Waals surface area contributed by atoms with Crippen LogP contribution in [0.5, 0.6) is 6.01 Å². The quantitative estimate of drug-likeness (QED) is 0.631. The molecule has 0 aromatic carbocycles. The summed E-state index contributed by atoms with van der Waals surface area (Å²) in [4.78, 5) is 15.4. The van der Waals surface area contributed by atoms with Crippen LogP contribution in [0.1, 0.15) is 45.4 Å². The Morgan fingerprint density at radius 2 is 2.10 bits per heavy atom. The molecule has 2 unspecified atom stereocenters. The second-order valence-electron chi connectivity index (χ2n) is 5.83. The molecule has 2 fully saturated rings. The SMILES string of the molecule is CCCOc1nc(NN)nc(N2CCC3CCCCC32)n1. The van der Waals surface area contributed by atoms with Crippen molar-refractivity contribution < 1.29 is 4.74 Å². The highest BCUT2D eigenvalue weighted by Gasteiger charge is 2.37. The molecule has 1 aliphatic carbocycles. The number of hydrogen-bond donors (Lipinski definition) is 2. The van der Waals surface area contributed by atoms with Crippen molar-refractivity contribution in [2.45, 2.75) is 51.5 Å². The third-order valence-corrected chi connectivity index (χ3v) is 4.43. The van der Waals surface area contributed by atoms with Crippen molar-refractivity contribution in [3.05, 3.63) is 0 Å². The minimum Gasteiger partial charge on any atom is -0.463 e. The molecule has 1 saturated heterocycles. The molecule has 0 radical (unpaired) electrons. The lowest BCUT2D eigenvalue weighted by atomic mass is 9.85. The molecular formula is C14H24N6O. The van der Waals surface area contributed by atoms with E-state index in [4.69, 9.17) is 10.6 Å². The van der Waals surface area contributed by atoms with Gasteiger partial charge in [-0.3, -0.25) is 5.43 Å². The lowest BCUT2D eigenvalue weighted by Gasteiger charge is -2.31. The van der Waals surface area contributed by atoms with Gasteiger partial charge in [0, 0.05) is 12.6 Å². The first-order valence-electron chi connectivity index (χ1n) is 7.94. The first-order valence-corrected chi connectivity index (χ1v) is 7.94. The van der Waals surface area contributed by atoms with Crippen molar-refractivity contribution >= 4 is 11.9 Å². The van der Waals surface area contributed by atoms with Gasteiger partial charge in [-0.05, 0) is 31.6 Å². The smallest absolute Gasteiger partial charge is 0.323 e. The first-order chi connectivity index (χ1) is 10.3. The highest BCUT2D eigenvalue weighted by molar-refractivity contribution is 5.40. The molecule has 1 aromatic heterocycles. The Balaban J connectivity index is 1.83. The van der Waals surface area contributed by atoms with Crippen molar-refractivity contribution in [1.82, 2.24) is 15.0 Å². The maximum absolute atomic E-state index is 5.55. The molecule has 1 aliphatic heterocycles. The summed E-state index contributed by atoms with van der Waals surface area (Å²) < 4.78 is 5.55. The van der Waals surface area contributed by atoms with Gasteiger partial charge in [-0.15, -0.1) is 0 Å². The second kappa shape index (κ2) is 6.43. The number of rotatable bonds is 5. The van der Waals surface area contributed by atoms with Crippen molar-refractivity contribution in [3.8, 4) is 6.01 Å². The molecule has 1 aromatic rings. The van der Waals surface area contributed by atoms with Crippen molar-refractivity contribution in [3.63, 3.8) is 0 Å². The fraction of sp³-hybridized carbons (Fsp3) is 0.786. The number of nitrogens with one attached hydrogen (secondary N) is 1. The van der Waals surface area contributed by atoms with E-state index in [1.807, 2.05) is 0 Å². The Morgan fingerprint density at radius 3 is 2.90 bits per heavy atom. The zero-order valence-corrected chi connectivity index (χ0v) is 12.6. The van der Waals surface area contributed by atoms with Crippen LogP contribution < -0.4 is 20.9 Å². The Hall–Kier alpha value is -1.63. The van der Waals surface area contributed by atoms with E-state index < -0.39 is 0 Å². The van der Waals surface area contributed by atoms with Crippen LogP contribution in [-0.2, 0) is 0 Å². The van der Waals surface area contributed by atoms with Crippen LogP contribution in [0.2, 0.25) is 0 Å². The van der Waals surface area contributed by atoms with Crippen LogP contribution >= 0.6 is 0 Å². The molecule has 0 bridgehead atoms. The van der Waals surface area contributed by atoms with E-state index in [0.29, 0.717) is 30.6 Å². The van der Waals surface area contributed by atoms with E-state index >= 15 is 0 Å². The lowest BCUT2D eigenvalue weighted by molar-refractivity contribution is 0.291. The first kappa shape index (κ1) is 14.3. The van der Waals surface area contributed by atoms with E-state index in [9.17, 15) is 0 Å². The molecule has 21 heavy (non-hydrogen) atoms. The van der Waals surface area contributed by atoms with Gasteiger partial charge < -0.3 is 9.64 Å². The summed E-state index contributed by atoms with van der Waals surface area (Å²) in [5.74, 6) is 7.31. The van der Waals surface area contributed by atoms with Crippen molar-refractivity contribution in [2.24, 2.45) is 11.8 Å². The number of nitrogens with zero attached hydrogens (tertiary/aromatic N) is 4. The highest BCUT2D eigenvalue weighted by atomic mass is 16.5. The summed E-state index contributed by atoms with van der Waals surface area (Å²) in [6, 6.07) is 0.917. The average molecular weight is 292 g/mol. The van der Waals surface area contributed by atoms with E-state index in [0.717, 1.165) is 18.9 Å². The summed E-state index contributed by atoms with van der Waals surface area (Å²) in [7, 11) is 0. The third kappa shape index (κ3) is 3.02. The number of ether oxygens (including phenoxy) is 1. The molecule has 2 atom stereocenters. The van der Waals surface area contributed by atoms with Gasteiger partial charge in [-0.2, -0.15) is 15.0 Å². The largest absolute Gasteiger partial charge is 0.463 e. The minimum absolute atomic E-state index is 0.356. The number of hydrazine groups is 1. The Morgan fingerprint density at radius 1 is 1.24 bits per heavy atom. The zero-order chi connectivity index (χ0) is 14.7. The van der Waals surface area contributed by atoms with Crippen LogP contribution in [0.25, 0.3) is 0 Å². The summed E-state index contributed by atoms with van der Waals surface area (Å²) in [5, 5.41) is 0. The molecule has 3 rings (SSSR count). The molecule has 0 spiro atoms. The van der Waals surface area contributed by atoms with Crippen LogP contribution in [-0.4, -0.2) is 34.1 Å². The van der Waals surface area contributed by atoms with Gasteiger partial charge in [0.15, 0.2) is 0 Å². The van der Waals surface area contributed by atoms with E-state index in [2.05, 4.69) is 32.2 Å². The van der Waals surface area contributed by atoms with Gasteiger partial charge in [-0.25, -0.2) is 5.84 Å². The van der Waals surface area contributed by atoms with E-state index in [1.165, 1.54) is 32.1 Å². The molecule has 2 heterocycles. The zero-order valence-electron chi connectivity index (χ0n) is 12.6. The lowest BCUT2D eigenvalue weighted by Crippen LogP contribution is -2.36. The molecule has 7 heteroatoms. The summed E-state index contributed by atoms with van der Waals surface area (Å²) in [6.07, 6.45) is 7.35. The molecule has 1 saturated carbocycles. The Bertz CT molecular complexity index is 483. The van der Waals surface area contributed by atoms with E-state index in [1.54, 1.807) is 0 Å². The molecule has 116 valence electrons. The molecule has 2 aliphatic rings. The summed E-state index contributed by atoms with van der Waals surface area (Å²) in [6.45, 7) is 3.66. The topological polar surface area (TPSA) is 89.2 Å². The van der Waals surface area contributed by atoms with Gasteiger partial charge in [0.1, 0.15) is 0 Å². The van der Waals surface area contributed by atoms with Gasteiger partial charge in [0.05, 0.1) is 6.61 Å². The van der Waals surface area contributed by atoms with Crippen molar-refractivity contribution in [1.29, 1.82) is 0 Å². The second-order valence-corrected chi connectivity index (χ2v) is 5.83. The molecule has 7 nitrogen and oxygen atoms in total. The number of aromatic nitrogens is 3. The number of anilines is 2. The van der Waals surface area contributed by atoms with Crippen LogP contribution in [0.15, 0.2) is 0 Å². The standard InChI is InChI=1S/C14H24N6O/c1-2-9-21-14-17-12(19-15)16-13(18-14)20-8-7-10-5-3-4-6-11(10)20/h10-11H,2-9,15H2,1H3,(H,16,17,18,19). The van der Waals surface area contributed by atoms with Crippen LogP contribution in [0, 0.1) is 5.92 Å². The fourth-order valence-electron chi connectivity index (χ4n) is 3.45. The summed E-state index contributed by atoms with van der Waals surface area (Å²) >= 11 is 0. The highest BCUT2D eigenvalue weighted by Crippen LogP contribution is 2.38. The van der Waals surface area contributed by atoms with Crippen LogP contribution in [0.4, 0.5) is 11.9 Å². The number of fused-ring (bicyclic) bond motifs is 1. The number of hydrogen-bond acceptors (Lipinski definition) is 7. The fourth-order valence-corrected chi connectivity index (χ4v) is 3.45. The predicted molar refractivity (Wildman–Crippen MR) is 81.1 cm³/mol. The Labute approximate surface area is 125 Å². The monoisotopic (exact) mass is 292 g/mol. The van der Waals surface area contributed by atoms with Gasteiger partial charge >= 0.3 is 6.01 Å². The Kier molecular flexibility index (Phi) is 4.38. The summed E-state index contributed by atoms with van der Waals surface area (Å²) in [5.41, 5.74) is 2.51. The normalized spacial score (nSPS) is 24.8. The number of nitrogen functional groups attached to an aromatic ring is 1. The predicted octanol–water partition coefficient (Wildman–Crippen LogP) is 1.71. The average Bonchev–Trinajstić information content (AvgIpc) is 2.96. The maximum Gasteiger partial charge on any atom is 0.323 e. The van der Waals surface area contributed by atoms with E-state index in [-0.39, 0.29) is 0 Å². The molecule has 0 amide bonds. The minimum atomic E-state index is 0.356. The van der Waals surface area contributed by atoms with Gasteiger partial charge in [0.25, 0.3) is 0 Å². The number of nitrogens with two attached hydrogens (primary N) is 1. The maximum atomic E-state index is 5.55. The van der Waals surface area contributed by atoms with Crippen LogP contribution in [0.3, 0.4) is 0 Å². The van der Waals surface area contributed by atoms with Crippen molar-refractivity contribution in [2.75, 3.05) is 23.5 Å².